The van der Waals surface area contributed by atoms with Gasteiger partial charge in [-0.1, -0.05) is 63.1 Å². The average Bonchev–Trinajstić information content (AvgIpc) is 2.96. The Morgan fingerprint density at radius 2 is 2.00 bits per heavy atom. The molecule has 2 aromatic rings. The summed E-state index contributed by atoms with van der Waals surface area (Å²) in [6.45, 7) is -0.247. The number of nitrogens with zero attached hydrogens (tertiary/aromatic N) is 1. The number of rotatable bonds is 5. The molecule has 0 aliphatic carbocycles. The van der Waals surface area contributed by atoms with Gasteiger partial charge in [0.15, 0.2) is 10.9 Å². The van der Waals surface area contributed by atoms with Crippen LogP contribution < -0.4 is 9.64 Å². The highest BCUT2D eigenvalue weighted by molar-refractivity contribution is 9.10. The van der Waals surface area contributed by atoms with E-state index >= 15 is 0 Å². The number of carbonyl (C=O) groups is 2. The smallest absolute Gasteiger partial charge is 0.343 e. The maximum Gasteiger partial charge on any atom is 0.343 e. The van der Waals surface area contributed by atoms with E-state index in [0.29, 0.717) is 36.3 Å². The van der Waals surface area contributed by atoms with E-state index in [4.69, 9.17) is 40.2 Å². The first-order chi connectivity index (χ1) is 13.8. The van der Waals surface area contributed by atoms with E-state index < -0.39 is 5.97 Å². The van der Waals surface area contributed by atoms with Crippen molar-refractivity contribution in [3.05, 3.63) is 61.4 Å². The van der Waals surface area contributed by atoms with Gasteiger partial charge in [-0.25, -0.2) is 4.79 Å². The maximum atomic E-state index is 13.0. The molecule has 0 unspecified atom stereocenters. The molecule has 0 N–H and O–H groups in total. The predicted molar refractivity (Wildman–Crippen MR) is 124 cm³/mol. The molecule has 0 spiro atoms. The number of thiocarbonyl (C=S) groups is 1. The zero-order valence-electron chi connectivity index (χ0n) is 14.8. The monoisotopic (exact) mass is 531 g/mol. The van der Waals surface area contributed by atoms with Crippen LogP contribution in [0.5, 0.6) is 5.75 Å². The van der Waals surface area contributed by atoms with Crippen LogP contribution in [0.15, 0.2) is 45.8 Å². The zero-order chi connectivity index (χ0) is 21.1. The minimum absolute atomic E-state index is 0.247. The van der Waals surface area contributed by atoms with Crippen LogP contribution in [0.1, 0.15) is 5.56 Å². The molecule has 3 rings (SSSR count). The van der Waals surface area contributed by atoms with Crippen LogP contribution in [0.4, 0.5) is 5.69 Å². The summed E-state index contributed by atoms with van der Waals surface area (Å²) >= 11 is 22.0. The van der Waals surface area contributed by atoms with Gasteiger partial charge in [0.1, 0.15) is 5.75 Å². The van der Waals surface area contributed by atoms with Crippen molar-refractivity contribution in [1.82, 2.24) is 0 Å². The fourth-order valence-corrected chi connectivity index (χ4v) is 4.38. The standard InChI is InChI=1S/C19H12BrCl2NO4S2/c1-26-17(24)9-27-15-5-2-11(20)6-10(15)7-16-18(25)23(19(28)29-16)12-3-4-13(21)14(22)8-12/h2-8H,9H2,1H3/b16-7-. The molecule has 1 aliphatic rings. The fraction of sp³-hybridized carbons (Fsp3) is 0.105. The summed E-state index contributed by atoms with van der Waals surface area (Å²) in [4.78, 5) is 26.1. The number of halogens is 3. The Bertz CT molecular complexity index is 1040. The van der Waals surface area contributed by atoms with E-state index in [9.17, 15) is 9.59 Å². The SMILES string of the molecule is COC(=O)COc1ccc(Br)cc1/C=C1\SC(=S)N(c2ccc(Cl)c(Cl)c2)C1=O. The first-order valence-electron chi connectivity index (χ1n) is 8.02. The molecule has 0 radical (unpaired) electrons. The molecule has 0 bridgehead atoms. The number of hydrogen-bond acceptors (Lipinski definition) is 6. The van der Waals surface area contributed by atoms with Crippen LogP contribution in [-0.2, 0) is 14.3 Å². The van der Waals surface area contributed by atoms with Crippen LogP contribution in [0.2, 0.25) is 10.0 Å². The predicted octanol–water partition coefficient (Wildman–Crippen LogP) is 5.71. The Kier molecular flexibility index (Phi) is 7.23. The van der Waals surface area contributed by atoms with E-state index in [2.05, 4.69) is 20.7 Å². The van der Waals surface area contributed by atoms with E-state index in [-0.39, 0.29) is 12.5 Å². The summed E-state index contributed by atoms with van der Waals surface area (Å²) in [5, 5.41) is 0.714. The molecule has 0 atom stereocenters. The summed E-state index contributed by atoms with van der Waals surface area (Å²) in [5.41, 5.74) is 1.14. The Balaban J connectivity index is 1.92. The van der Waals surface area contributed by atoms with Gasteiger partial charge in [0, 0.05) is 10.0 Å². The highest BCUT2D eigenvalue weighted by Crippen LogP contribution is 2.39. The molecule has 1 aliphatic heterocycles. The van der Waals surface area contributed by atoms with Crippen LogP contribution in [0.3, 0.4) is 0 Å². The van der Waals surface area contributed by atoms with Gasteiger partial charge in [0.2, 0.25) is 0 Å². The molecule has 1 saturated heterocycles. The number of carbonyl (C=O) groups excluding carboxylic acids is 2. The number of amides is 1. The van der Waals surface area contributed by atoms with Gasteiger partial charge < -0.3 is 9.47 Å². The highest BCUT2D eigenvalue weighted by atomic mass is 79.9. The number of benzene rings is 2. The second-order valence-corrected chi connectivity index (χ2v) is 9.07. The average molecular weight is 533 g/mol. The van der Waals surface area contributed by atoms with Gasteiger partial charge in [-0.2, -0.15) is 0 Å². The lowest BCUT2D eigenvalue weighted by molar-refractivity contribution is -0.142. The van der Waals surface area contributed by atoms with Crippen molar-refractivity contribution in [3.63, 3.8) is 0 Å². The minimum Gasteiger partial charge on any atom is -0.481 e. The van der Waals surface area contributed by atoms with Crippen molar-refractivity contribution in [3.8, 4) is 5.75 Å². The second-order valence-electron chi connectivity index (χ2n) is 5.66. The molecule has 10 heteroatoms. The Hall–Kier alpha value is -1.58. The third-order valence-electron chi connectivity index (χ3n) is 3.79. The molecule has 2 aromatic carbocycles. The summed E-state index contributed by atoms with van der Waals surface area (Å²) < 4.78 is 11.3. The first kappa shape index (κ1) is 22.1. The quantitative estimate of drug-likeness (QED) is 0.279. The van der Waals surface area contributed by atoms with Gasteiger partial charge in [-0.15, -0.1) is 0 Å². The first-order valence-corrected chi connectivity index (χ1v) is 10.8. The zero-order valence-corrected chi connectivity index (χ0v) is 19.5. The normalized spacial score (nSPS) is 15.2. The molecule has 29 heavy (non-hydrogen) atoms. The molecule has 0 saturated carbocycles. The highest BCUT2D eigenvalue weighted by Gasteiger charge is 2.33. The summed E-state index contributed by atoms with van der Waals surface area (Å²) in [6.07, 6.45) is 1.66. The van der Waals surface area contributed by atoms with Crippen LogP contribution in [0.25, 0.3) is 6.08 Å². The number of anilines is 1. The number of thioether (sulfide) groups is 1. The Labute approximate surface area is 195 Å². The van der Waals surface area contributed by atoms with Gasteiger partial charge in [0.05, 0.1) is 27.7 Å². The number of esters is 1. The minimum atomic E-state index is -0.509. The van der Waals surface area contributed by atoms with E-state index in [0.717, 1.165) is 16.2 Å². The van der Waals surface area contributed by atoms with Gasteiger partial charge in [0.25, 0.3) is 5.91 Å². The lowest BCUT2D eigenvalue weighted by Crippen LogP contribution is -2.27. The number of ether oxygens (including phenoxy) is 2. The van der Waals surface area contributed by atoms with Crippen molar-refractivity contribution in [2.24, 2.45) is 0 Å². The third kappa shape index (κ3) is 5.13. The lowest BCUT2D eigenvalue weighted by Gasteiger charge is -2.15. The summed E-state index contributed by atoms with van der Waals surface area (Å²) in [6, 6.07) is 10.1. The van der Waals surface area contributed by atoms with Crippen LogP contribution in [0, 0.1) is 0 Å². The van der Waals surface area contributed by atoms with Crippen molar-refractivity contribution in [2.45, 2.75) is 0 Å². The Morgan fingerprint density at radius 3 is 2.69 bits per heavy atom. The van der Waals surface area contributed by atoms with Crippen LogP contribution in [-0.4, -0.2) is 29.9 Å². The molecule has 1 fully saturated rings. The van der Waals surface area contributed by atoms with E-state index in [1.807, 2.05) is 0 Å². The number of methoxy groups -OCH3 is 1. The van der Waals surface area contributed by atoms with Crippen molar-refractivity contribution < 1.29 is 19.1 Å². The Morgan fingerprint density at radius 1 is 1.24 bits per heavy atom. The molecule has 5 nitrogen and oxygen atoms in total. The molecular weight excluding hydrogens is 521 g/mol. The van der Waals surface area contributed by atoms with Crippen molar-refractivity contribution >= 4 is 91.1 Å². The fourth-order valence-electron chi connectivity index (χ4n) is 2.41. The van der Waals surface area contributed by atoms with Gasteiger partial charge in [-0.05, 0) is 42.5 Å². The number of hydrogen-bond donors (Lipinski definition) is 0. The molecule has 1 amide bonds. The van der Waals surface area contributed by atoms with Gasteiger partial charge in [-0.3, -0.25) is 9.69 Å². The van der Waals surface area contributed by atoms with Crippen molar-refractivity contribution in [1.29, 1.82) is 0 Å². The summed E-state index contributed by atoms with van der Waals surface area (Å²) in [5.74, 6) is -0.375. The molecule has 150 valence electrons. The second kappa shape index (κ2) is 9.49. The van der Waals surface area contributed by atoms with Crippen LogP contribution >= 0.6 is 63.1 Å². The largest absolute Gasteiger partial charge is 0.481 e. The lowest BCUT2D eigenvalue weighted by atomic mass is 10.2. The van der Waals surface area contributed by atoms with Gasteiger partial charge >= 0.3 is 5.97 Å². The van der Waals surface area contributed by atoms with E-state index in [1.165, 1.54) is 12.0 Å². The van der Waals surface area contributed by atoms with Crippen molar-refractivity contribution in [2.75, 3.05) is 18.6 Å². The molecule has 1 heterocycles. The topological polar surface area (TPSA) is 55.8 Å². The summed E-state index contributed by atoms with van der Waals surface area (Å²) in [7, 11) is 1.28. The maximum absolute atomic E-state index is 13.0. The molecule has 0 aromatic heterocycles. The molecular formula is C19H12BrCl2NO4S2. The third-order valence-corrected chi connectivity index (χ3v) is 6.32. The van der Waals surface area contributed by atoms with E-state index in [1.54, 1.807) is 42.5 Å².